The number of aliphatic carboxylic acids is 1. The smallest absolute Gasteiger partial charge is 0.326 e. The summed E-state index contributed by atoms with van der Waals surface area (Å²) in [7, 11) is 0. The first-order valence-corrected chi connectivity index (χ1v) is 11.9. The Morgan fingerprint density at radius 3 is 1.85 bits per heavy atom. The maximum absolute atomic E-state index is 12.1. The number of benzene rings is 1. The van der Waals surface area contributed by atoms with Crippen molar-refractivity contribution in [1.29, 1.82) is 0 Å². The summed E-state index contributed by atoms with van der Waals surface area (Å²) >= 11 is 0. The number of carboxylic acids is 1. The first-order valence-electron chi connectivity index (χ1n) is 11.9. The number of carbonyl (C=O) groups is 2. The topological polar surface area (TPSA) is 66.4 Å². The zero-order valence-corrected chi connectivity index (χ0v) is 19.9. The lowest BCUT2D eigenvalue weighted by Crippen LogP contribution is -2.42. The predicted octanol–water partition coefficient (Wildman–Crippen LogP) is 6.72. The van der Waals surface area contributed by atoms with E-state index in [4.69, 9.17) is 0 Å². The highest BCUT2D eigenvalue weighted by Crippen LogP contribution is 2.05. The van der Waals surface area contributed by atoms with Crippen LogP contribution in [-0.4, -0.2) is 23.0 Å². The van der Waals surface area contributed by atoms with E-state index in [9.17, 15) is 14.7 Å². The molecule has 2 N–H and O–H groups in total. The van der Waals surface area contributed by atoms with Crippen LogP contribution in [0.1, 0.15) is 63.9 Å². The van der Waals surface area contributed by atoms with Gasteiger partial charge in [-0.25, -0.2) is 4.79 Å². The minimum Gasteiger partial charge on any atom is -0.480 e. The van der Waals surface area contributed by atoms with Gasteiger partial charge in [-0.15, -0.1) is 0 Å². The summed E-state index contributed by atoms with van der Waals surface area (Å²) in [6.07, 6.45) is 28.6. The number of hydrogen-bond acceptors (Lipinski definition) is 2. The highest BCUT2D eigenvalue weighted by molar-refractivity contribution is 5.83. The van der Waals surface area contributed by atoms with Crippen molar-refractivity contribution < 1.29 is 14.7 Å². The molecule has 0 saturated carbocycles. The van der Waals surface area contributed by atoms with Crippen LogP contribution in [0.5, 0.6) is 0 Å². The van der Waals surface area contributed by atoms with E-state index in [2.05, 4.69) is 73.0 Å². The van der Waals surface area contributed by atoms with E-state index >= 15 is 0 Å². The number of hydrogen-bond donors (Lipinski definition) is 2. The molecule has 4 heteroatoms. The summed E-state index contributed by atoms with van der Waals surface area (Å²) in [5.41, 5.74) is 0.893. The van der Waals surface area contributed by atoms with Crippen molar-refractivity contribution in [2.45, 2.75) is 70.8 Å². The molecule has 0 aliphatic heterocycles. The van der Waals surface area contributed by atoms with E-state index in [1.54, 1.807) is 0 Å². The number of nitrogens with one attached hydrogen (secondary N) is 1. The molecule has 0 fully saturated rings. The average molecular weight is 450 g/mol. The molecule has 1 aromatic carbocycles. The van der Waals surface area contributed by atoms with Crippen LogP contribution in [0.2, 0.25) is 0 Å². The van der Waals surface area contributed by atoms with E-state index in [-0.39, 0.29) is 12.3 Å². The van der Waals surface area contributed by atoms with Gasteiger partial charge in [0.25, 0.3) is 0 Å². The minimum absolute atomic E-state index is 0.217. The molecule has 33 heavy (non-hydrogen) atoms. The van der Waals surface area contributed by atoms with Gasteiger partial charge in [0.15, 0.2) is 0 Å². The van der Waals surface area contributed by atoms with E-state index in [1.165, 1.54) is 0 Å². The van der Waals surface area contributed by atoms with E-state index in [1.807, 2.05) is 30.3 Å². The van der Waals surface area contributed by atoms with Gasteiger partial charge in [-0.3, -0.25) is 4.79 Å². The highest BCUT2D eigenvalue weighted by atomic mass is 16.4. The first kappa shape index (κ1) is 27.9. The van der Waals surface area contributed by atoms with Gasteiger partial charge in [-0.2, -0.15) is 0 Å². The molecule has 1 rings (SSSR count). The standard InChI is InChI=1S/C29H39NO3/c1-2-3-4-5-6-7-8-9-10-11-12-13-14-15-16-17-21-24-28(31)30-27(29(32)33)25-26-22-19-18-20-23-26/h3-4,6-7,9-10,12-13,15-16,18-20,22-23,27H,2,5,8,11,14,17,21,24-25H2,1H3,(H,30,31)(H,32,33)/b4-3-,7-6-,10-9-,13-12-,16-15-. The van der Waals surface area contributed by atoms with Crippen molar-refractivity contribution in [1.82, 2.24) is 5.32 Å². The third kappa shape index (κ3) is 16.2. The van der Waals surface area contributed by atoms with Crippen LogP contribution in [0.4, 0.5) is 0 Å². The zero-order chi connectivity index (χ0) is 24.0. The van der Waals surface area contributed by atoms with Crippen LogP contribution in [0.25, 0.3) is 0 Å². The summed E-state index contributed by atoms with van der Waals surface area (Å²) in [4.78, 5) is 23.5. The second-order valence-corrected chi connectivity index (χ2v) is 7.75. The van der Waals surface area contributed by atoms with Crippen molar-refractivity contribution in [3.63, 3.8) is 0 Å². The summed E-state index contributed by atoms with van der Waals surface area (Å²) in [5.74, 6) is -1.23. The molecule has 0 aliphatic carbocycles. The van der Waals surface area contributed by atoms with E-state index in [0.29, 0.717) is 12.8 Å². The van der Waals surface area contributed by atoms with Crippen molar-refractivity contribution in [3.05, 3.63) is 96.7 Å². The number of amides is 1. The first-order chi connectivity index (χ1) is 16.1. The van der Waals surface area contributed by atoms with Gasteiger partial charge in [0.2, 0.25) is 5.91 Å². The Balaban J connectivity index is 2.11. The maximum atomic E-state index is 12.1. The molecule has 1 unspecified atom stereocenters. The van der Waals surface area contributed by atoms with Gasteiger partial charge >= 0.3 is 5.97 Å². The Bertz CT molecular complexity index is 803. The van der Waals surface area contributed by atoms with Gasteiger partial charge in [-0.05, 0) is 50.5 Å². The Morgan fingerprint density at radius 2 is 1.33 bits per heavy atom. The molecule has 0 bridgehead atoms. The third-order valence-electron chi connectivity index (χ3n) is 4.85. The molecule has 0 heterocycles. The Morgan fingerprint density at radius 1 is 0.818 bits per heavy atom. The third-order valence-corrected chi connectivity index (χ3v) is 4.85. The lowest BCUT2D eigenvalue weighted by atomic mass is 10.1. The molecule has 0 radical (unpaired) electrons. The molecular formula is C29H39NO3. The van der Waals surface area contributed by atoms with Crippen LogP contribution >= 0.6 is 0 Å². The number of carbonyl (C=O) groups excluding carboxylic acids is 1. The number of allylic oxidation sites excluding steroid dienone is 10. The highest BCUT2D eigenvalue weighted by Gasteiger charge is 2.19. The predicted molar refractivity (Wildman–Crippen MR) is 138 cm³/mol. The van der Waals surface area contributed by atoms with Crippen molar-refractivity contribution in [2.75, 3.05) is 0 Å². The fraction of sp³-hybridized carbons (Fsp3) is 0.379. The Hall–Kier alpha value is -3.14. The van der Waals surface area contributed by atoms with Gasteiger partial charge in [-0.1, -0.05) is 98.0 Å². The lowest BCUT2D eigenvalue weighted by Gasteiger charge is -2.14. The summed E-state index contributed by atoms with van der Waals surface area (Å²) in [6.45, 7) is 2.14. The monoisotopic (exact) mass is 449 g/mol. The zero-order valence-electron chi connectivity index (χ0n) is 19.9. The number of carboxylic acid groups (broad SMARTS) is 1. The number of unbranched alkanes of at least 4 members (excludes halogenated alkanes) is 1. The van der Waals surface area contributed by atoms with Gasteiger partial charge < -0.3 is 10.4 Å². The molecular weight excluding hydrogens is 410 g/mol. The molecule has 1 atom stereocenters. The van der Waals surface area contributed by atoms with Crippen molar-refractivity contribution in [3.8, 4) is 0 Å². The molecule has 4 nitrogen and oxygen atoms in total. The van der Waals surface area contributed by atoms with Gasteiger partial charge in [0.1, 0.15) is 6.04 Å². The lowest BCUT2D eigenvalue weighted by molar-refractivity contribution is -0.141. The van der Waals surface area contributed by atoms with Gasteiger partial charge in [0, 0.05) is 12.8 Å². The summed E-state index contributed by atoms with van der Waals surface area (Å²) in [6, 6.07) is 8.44. The molecule has 0 spiro atoms. The normalized spacial score (nSPS) is 13.1. The van der Waals surface area contributed by atoms with Crippen LogP contribution in [0.3, 0.4) is 0 Å². The molecule has 0 aromatic heterocycles. The van der Waals surface area contributed by atoms with Gasteiger partial charge in [0.05, 0.1) is 0 Å². The maximum Gasteiger partial charge on any atom is 0.326 e. The second kappa shape index (κ2) is 19.5. The van der Waals surface area contributed by atoms with Crippen LogP contribution < -0.4 is 5.32 Å². The summed E-state index contributed by atoms with van der Waals surface area (Å²) < 4.78 is 0. The molecule has 1 aromatic rings. The molecule has 1 amide bonds. The summed E-state index contributed by atoms with van der Waals surface area (Å²) in [5, 5.41) is 12.0. The average Bonchev–Trinajstić information content (AvgIpc) is 2.81. The molecule has 0 saturated heterocycles. The Kier molecular flexibility index (Phi) is 16.5. The Labute approximate surface area is 199 Å². The van der Waals surface area contributed by atoms with E-state index < -0.39 is 12.0 Å². The van der Waals surface area contributed by atoms with E-state index in [0.717, 1.165) is 44.1 Å². The quantitative estimate of drug-likeness (QED) is 0.205. The fourth-order valence-corrected chi connectivity index (χ4v) is 3.07. The van der Waals surface area contributed by atoms with Crippen LogP contribution in [0.15, 0.2) is 91.1 Å². The molecule has 178 valence electrons. The van der Waals surface area contributed by atoms with Crippen molar-refractivity contribution in [2.24, 2.45) is 0 Å². The van der Waals surface area contributed by atoms with Crippen LogP contribution in [0, 0.1) is 0 Å². The largest absolute Gasteiger partial charge is 0.480 e. The minimum atomic E-state index is -1.01. The number of rotatable bonds is 17. The SMILES string of the molecule is CC/C=C\C/C=C\C/C=C\C/C=C\C/C=C\CCCC(=O)NC(Cc1ccccc1)C(=O)O. The second-order valence-electron chi connectivity index (χ2n) is 7.75. The van der Waals surface area contributed by atoms with Crippen LogP contribution in [-0.2, 0) is 16.0 Å². The molecule has 0 aliphatic rings. The fourth-order valence-electron chi connectivity index (χ4n) is 3.07. The van der Waals surface area contributed by atoms with Crippen molar-refractivity contribution >= 4 is 11.9 Å².